The number of aromatic nitrogens is 1. The number of H-pyrrole nitrogens is 1. The van der Waals surface area contributed by atoms with Crippen molar-refractivity contribution in [2.75, 3.05) is 0 Å². The Bertz CT molecular complexity index is 849. The molecule has 21 heavy (non-hydrogen) atoms. The van der Waals surface area contributed by atoms with Crippen molar-refractivity contribution in [3.8, 4) is 0 Å². The molecule has 1 aromatic heterocycles. The minimum absolute atomic E-state index is 0.240. The molecule has 0 aliphatic carbocycles. The normalized spacial score (nSPS) is 10.7. The second-order valence-corrected chi connectivity index (χ2v) is 4.97. The number of oxazole rings is 1. The molecule has 3 aromatic rings. The van der Waals surface area contributed by atoms with Crippen LogP contribution in [0.5, 0.6) is 0 Å². The van der Waals surface area contributed by atoms with Gasteiger partial charge in [0.1, 0.15) is 0 Å². The van der Waals surface area contributed by atoms with E-state index >= 15 is 0 Å². The van der Waals surface area contributed by atoms with Gasteiger partial charge in [0.15, 0.2) is 5.58 Å². The molecule has 0 atom stereocenters. The van der Waals surface area contributed by atoms with Crippen LogP contribution >= 0.6 is 11.6 Å². The Morgan fingerprint density at radius 2 is 1.95 bits per heavy atom. The van der Waals surface area contributed by atoms with Crippen LogP contribution in [0.3, 0.4) is 0 Å². The fourth-order valence-electron chi connectivity index (χ4n) is 1.97. The number of carbonyl (C=O) groups is 1. The topological polar surface area (TPSA) is 75.1 Å². The summed E-state index contributed by atoms with van der Waals surface area (Å²) < 4.78 is 4.93. The van der Waals surface area contributed by atoms with E-state index in [0.717, 1.165) is 5.56 Å². The van der Waals surface area contributed by atoms with E-state index in [4.69, 9.17) is 16.0 Å². The fourth-order valence-corrected chi connectivity index (χ4v) is 2.10. The van der Waals surface area contributed by atoms with Crippen LogP contribution in [0.15, 0.2) is 51.7 Å². The van der Waals surface area contributed by atoms with E-state index in [2.05, 4.69) is 10.3 Å². The molecule has 0 aliphatic rings. The number of nitrogens with one attached hydrogen (secondary N) is 2. The van der Waals surface area contributed by atoms with Gasteiger partial charge in [-0.2, -0.15) is 0 Å². The third-order valence-electron chi connectivity index (χ3n) is 3.05. The van der Waals surface area contributed by atoms with E-state index in [9.17, 15) is 9.59 Å². The summed E-state index contributed by atoms with van der Waals surface area (Å²) in [5, 5.41) is 3.45. The summed E-state index contributed by atoms with van der Waals surface area (Å²) in [5.74, 6) is -0.778. The van der Waals surface area contributed by atoms with Crippen LogP contribution in [-0.4, -0.2) is 10.9 Å². The van der Waals surface area contributed by atoms with Crippen molar-refractivity contribution in [1.82, 2.24) is 10.3 Å². The second kappa shape index (κ2) is 5.46. The van der Waals surface area contributed by atoms with Crippen molar-refractivity contribution in [3.63, 3.8) is 0 Å². The van der Waals surface area contributed by atoms with Crippen molar-refractivity contribution in [2.45, 2.75) is 6.54 Å². The average molecular weight is 303 g/mol. The molecule has 0 radical (unpaired) electrons. The lowest BCUT2D eigenvalue weighted by Gasteiger charge is -2.05. The molecule has 0 aliphatic heterocycles. The molecule has 5 nitrogen and oxygen atoms in total. The predicted octanol–water partition coefficient (Wildman–Crippen LogP) is 2.70. The molecule has 0 unspecified atom stereocenters. The molecule has 2 aromatic carbocycles. The van der Waals surface area contributed by atoms with Crippen molar-refractivity contribution in [1.29, 1.82) is 0 Å². The number of rotatable bonds is 3. The molecule has 0 bridgehead atoms. The second-order valence-electron chi connectivity index (χ2n) is 4.53. The Kier molecular flexibility index (Phi) is 3.50. The van der Waals surface area contributed by atoms with Crippen molar-refractivity contribution in [2.24, 2.45) is 0 Å². The summed E-state index contributed by atoms with van der Waals surface area (Å²) in [6.07, 6.45) is 0. The number of fused-ring (bicyclic) bond motifs is 1. The largest absolute Gasteiger partial charge is 0.417 e. The molecule has 2 N–H and O–H groups in total. The van der Waals surface area contributed by atoms with Gasteiger partial charge in [-0.1, -0.05) is 23.7 Å². The van der Waals surface area contributed by atoms with Gasteiger partial charge in [0, 0.05) is 17.1 Å². The Balaban J connectivity index is 1.74. The lowest BCUT2D eigenvalue weighted by Crippen LogP contribution is -2.22. The number of carbonyl (C=O) groups excluding carboxylic acids is 1. The first kappa shape index (κ1) is 13.5. The number of halogens is 1. The molecule has 0 fully saturated rings. The maximum absolute atomic E-state index is 12.1. The van der Waals surface area contributed by atoms with Gasteiger partial charge in [-0.05, 0) is 35.9 Å². The molecular weight excluding hydrogens is 292 g/mol. The van der Waals surface area contributed by atoms with Gasteiger partial charge in [-0.3, -0.25) is 9.78 Å². The van der Waals surface area contributed by atoms with Gasteiger partial charge in [0.25, 0.3) is 5.91 Å². The summed E-state index contributed by atoms with van der Waals surface area (Å²) in [6, 6.07) is 12.0. The molecule has 1 amide bonds. The van der Waals surface area contributed by atoms with Gasteiger partial charge < -0.3 is 9.73 Å². The number of aromatic amines is 1. The van der Waals surface area contributed by atoms with E-state index < -0.39 is 5.76 Å². The van der Waals surface area contributed by atoms with Gasteiger partial charge in [0.2, 0.25) is 0 Å². The van der Waals surface area contributed by atoms with Crippen LogP contribution in [-0.2, 0) is 6.54 Å². The Hall–Kier alpha value is -2.53. The number of hydrogen-bond acceptors (Lipinski definition) is 3. The Morgan fingerprint density at radius 3 is 2.71 bits per heavy atom. The number of hydrogen-bond donors (Lipinski definition) is 2. The third-order valence-corrected chi connectivity index (χ3v) is 3.30. The van der Waals surface area contributed by atoms with Crippen LogP contribution in [0.2, 0.25) is 5.02 Å². The minimum atomic E-state index is -0.538. The quantitative estimate of drug-likeness (QED) is 0.781. The number of benzene rings is 2. The smallest absolute Gasteiger partial charge is 0.408 e. The molecule has 0 saturated heterocycles. The fraction of sp³-hybridized carbons (Fsp3) is 0.0667. The van der Waals surface area contributed by atoms with Gasteiger partial charge in [0.05, 0.1) is 5.52 Å². The SMILES string of the molecule is O=C(NCc1ccc(Cl)cc1)c1ccc2[nH]c(=O)oc2c1. The van der Waals surface area contributed by atoms with E-state index in [1.54, 1.807) is 24.3 Å². The summed E-state index contributed by atoms with van der Waals surface area (Å²) in [6.45, 7) is 0.394. The van der Waals surface area contributed by atoms with E-state index in [0.29, 0.717) is 28.2 Å². The van der Waals surface area contributed by atoms with Crippen LogP contribution in [0.4, 0.5) is 0 Å². The van der Waals surface area contributed by atoms with E-state index in [-0.39, 0.29) is 5.91 Å². The summed E-state index contributed by atoms with van der Waals surface area (Å²) >= 11 is 5.80. The highest BCUT2D eigenvalue weighted by atomic mass is 35.5. The maximum atomic E-state index is 12.1. The molecule has 106 valence electrons. The van der Waals surface area contributed by atoms with Crippen LogP contribution in [0.1, 0.15) is 15.9 Å². The molecule has 3 rings (SSSR count). The van der Waals surface area contributed by atoms with Crippen molar-refractivity contribution < 1.29 is 9.21 Å². The zero-order chi connectivity index (χ0) is 14.8. The first-order chi connectivity index (χ1) is 10.1. The van der Waals surface area contributed by atoms with Crippen LogP contribution < -0.4 is 11.1 Å². The standard InChI is InChI=1S/C15H11ClN2O3/c16-11-4-1-9(2-5-11)8-17-14(19)10-3-6-12-13(7-10)21-15(20)18-12/h1-7H,8H2,(H,17,19)(H,18,20). The monoisotopic (exact) mass is 302 g/mol. The van der Waals surface area contributed by atoms with E-state index in [1.165, 1.54) is 6.07 Å². The van der Waals surface area contributed by atoms with E-state index in [1.807, 2.05) is 12.1 Å². The predicted molar refractivity (Wildman–Crippen MR) is 79.5 cm³/mol. The zero-order valence-electron chi connectivity index (χ0n) is 10.9. The highest BCUT2D eigenvalue weighted by Crippen LogP contribution is 2.13. The Morgan fingerprint density at radius 1 is 1.19 bits per heavy atom. The van der Waals surface area contributed by atoms with Crippen molar-refractivity contribution in [3.05, 3.63) is 69.2 Å². The summed E-state index contributed by atoms with van der Waals surface area (Å²) in [7, 11) is 0. The summed E-state index contributed by atoms with van der Waals surface area (Å²) in [4.78, 5) is 25.7. The lowest BCUT2D eigenvalue weighted by atomic mass is 10.2. The minimum Gasteiger partial charge on any atom is -0.408 e. The maximum Gasteiger partial charge on any atom is 0.417 e. The zero-order valence-corrected chi connectivity index (χ0v) is 11.6. The highest BCUT2D eigenvalue weighted by Gasteiger charge is 2.08. The van der Waals surface area contributed by atoms with Gasteiger partial charge >= 0.3 is 5.76 Å². The summed E-state index contributed by atoms with van der Waals surface area (Å²) in [5.41, 5.74) is 2.30. The van der Waals surface area contributed by atoms with Gasteiger partial charge in [-0.25, -0.2) is 4.79 Å². The average Bonchev–Trinajstić information content (AvgIpc) is 2.85. The molecule has 1 heterocycles. The van der Waals surface area contributed by atoms with Gasteiger partial charge in [-0.15, -0.1) is 0 Å². The number of amides is 1. The highest BCUT2D eigenvalue weighted by molar-refractivity contribution is 6.30. The third kappa shape index (κ3) is 2.98. The molecule has 0 saturated carbocycles. The first-order valence-corrected chi connectivity index (χ1v) is 6.65. The molecular formula is C15H11ClN2O3. The Labute approximate surface area is 124 Å². The molecule has 0 spiro atoms. The lowest BCUT2D eigenvalue weighted by molar-refractivity contribution is 0.0951. The van der Waals surface area contributed by atoms with Crippen LogP contribution in [0.25, 0.3) is 11.1 Å². The molecule has 6 heteroatoms. The van der Waals surface area contributed by atoms with Crippen LogP contribution in [0, 0.1) is 0 Å². The first-order valence-electron chi connectivity index (χ1n) is 6.27. The van der Waals surface area contributed by atoms with Crippen molar-refractivity contribution >= 4 is 28.6 Å².